The van der Waals surface area contributed by atoms with Crippen LogP contribution in [0, 0.1) is 5.41 Å². The van der Waals surface area contributed by atoms with Gasteiger partial charge in [-0.25, -0.2) is 0 Å². The number of benzene rings is 1. The molecule has 0 bridgehead atoms. The van der Waals surface area contributed by atoms with Gasteiger partial charge >= 0.3 is 0 Å². The lowest BCUT2D eigenvalue weighted by molar-refractivity contribution is 0.120. The molecule has 0 saturated heterocycles. The Bertz CT molecular complexity index is 328. The first kappa shape index (κ1) is 9.06. The molecular formula is C11H14N2O. The number of amidine groups is 1. The summed E-state index contributed by atoms with van der Waals surface area (Å²) in [5.41, 5.74) is 6.09. The van der Waals surface area contributed by atoms with E-state index in [1.807, 2.05) is 24.3 Å². The third kappa shape index (κ3) is 1.87. The molecule has 1 aromatic rings. The number of rotatable bonds is 3. The Kier molecular flexibility index (Phi) is 2.39. The van der Waals surface area contributed by atoms with Gasteiger partial charge in [0.05, 0.1) is 6.10 Å². The standard InChI is InChI=1S/C11H14N2O/c12-11(13)8-4-6-10(7-5-8)14-9-2-1-3-9/h4-7,9H,1-3H2,(H3,12,13). The maximum absolute atomic E-state index is 7.23. The van der Waals surface area contributed by atoms with Crippen LogP contribution in [0.1, 0.15) is 24.8 Å². The molecule has 14 heavy (non-hydrogen) atoms. The van der Waals surface area contributed by atoms with Crippen LogP contribution < -0.4 is 10.5 Å². The van der Waals surface area contributed by atoms with E-state index in [0.717, 1.165) is 24.2 Å². The normalized spacial score (nSPS) is 16.0. The molecule has 0 heterocycles. The zero-order chi connectivity index (χ0) is 9.97. The molecule has 0 unspecified atom stereocenters. The van der Waals surface area contributed by atoms with E-state index in [1.54, 1.807) is 0 Å². The summed E-state index contributed by atoms with van der Waals surface area (Å²) >= 11 is 0. The van der Waals surface area contributed by atoms with Gasteiger partial charge in [0.1, 0.15) is 11.6 Å². The molecule has 3 heteroatoms. The largest absolute Gasteiger partial charge is 0.490 e. The number of hydrogen-bond donors (Lipinski definition) is 2. The Hall–Kier alpha value is -1.51. The highest BCUT2D eigenvalue weighted by molar-refractivity contribution is 5.94. The van der Waals surface area contributed by atoms with E-state index in [0.29, 0.717) is 6.10 Å². The molecule has 3 N–H and O–H groups in total. The molecule has 3 nitrogen and oxygen atoms in total. The van der Waals surface area contributed by atoms with Crippen LogP contribution in [-0.4, -0.2) is 11.9 Å². The Morgan fingerprint density at radius 3 is 2.36 bits per heavy atom. The fourth-order valence-electron chi connectivity index (χ4n) is 1.39. The van der Waals surface area contributed by atoms with Crippen LogP contribution >= 0.6 is 0 Å². The Labute approximate surface area is 83.4 Å². The first-order chi connectivity index (χ1) is 6.75. The van der Waals surface area contributed by atoms with Gasteiger partial charge in [-0.3, -0.25) is 5.41 Å². The third-order valence-electron chi connectivity index (χ3n) is 2.52. The fraction of sp³-hybridized carbons (Fsp3) is 0.364. The fourth-order valence-corrected chi connectivity index (χ4v) is 1.39. The summed E-state index contributed by atoms with van der Waals surface area (Å²) in [6, 6.07) is 7.37. The third-order valence-corrected chi connectivity index (χ3v) is 2.52. The summed E-state index contributed by atoms with van der Waals surface area (Å²) in [5.74, 6) is 0.972. The highest BCUT2D eigenvalue weighted by Gasteiger charge is 2.18. The van der Waals surface area contributed by atoms with E-state index in [-0.39, 0.29) is 5.84 Å². The molecule has 1 aromatic carbocycles. The van der Waals surface area contributed by atoms with Crippen LogP contribution in [0.5, 0.6) is 5.75 Å². The van der Waals surface area contributed by atoms with Crippen LogP contribution in [0.3, 0.4) is 0 Å². The minimum absolute atomic E-state index is 0.0974. The minimum Gasteiger partial charge on any atom is -0.490 e. The molecule has 0 aliphatic heterocycles. The summed E-state index contributed by atoms with van der Waals surface area (Å²) < 4.78 is 5.67. The first-order valence-electron chi connectivity index (χ1n) is 4.87. The number of nitrogen functional groups attached to an aromatic ring is 1. The van der Waals surface area contributed by atoms with E-state index in [2.05, 4.69) is 0 Å². The van der Waals surface area contributed by atoms with Gasteiger partial charge in [-0.05, 0) is 43.5 Å². The van der Waals surface area contributed by atoms with Gasteiger partial charge in [0, 0.05) is 5.56 Å². The van der Waals surface area contributed by atoms with Crippen molar-refractivity contribution in [3.63, 3.8) is 0 Å². The Balaban J connectivity index is 2.01. The second-order valence-corrected chi connectivity index (χ2v) is 3.61. The molecule has 0 amide bonds. The molecule has 2 rings (SSSR count). The predicted octanol–water partition coefficient (Wildman–Crippen LogP) is 1.90. The summed E-state index contributed by atoms with van der Waals surface area (Å²) in [4.78, 5) is 0. The summed E-state index contributed by atoms with van der Waals surface area (Å²) in [7, 11) is 0. The maximum Gasteiger partial charge on any atom is 0.122 e. The van der Waals surface area contributed by atoms with Crippen molar-refractivity contribution < 1.29 is 4.74 Å². The van der Waals surface area contributed by atoms with Crippen LogP contribution in [0.4, 0.5) is 0 Å². The smallest absolute Gasteiger partial charge is 0.122 e. The van der Waals surface area contributed by atoms with Gasteiger partial charge in [-0.15, -0.1) is 0 Å². The minimum atomic E-state index is 0.0974. The van der Waals surface area contributed by atoms with Crippen molar-refractivity contribution in [2.24, 2.45) is 5.73 Å². The van der Waals surface area contributed by atoms with Crippen molar-refractivity contribution in [1.29, 1.82) is 5.41 Å². The number of ether oxygens (including phenoxy) is 1. The van der Waals surface area contributed by atoms with Crippen molar-refractivity contribution in [1.82, 2.24) is 0 Å². The van der Waals surface area contributed by atoms with Gasteiger partial charge in [0.25, 0.3) is 0 Å². The molecule has 1 fully saturated rings. The molecule has 1 aliphatic rings. The molecule has 74 valence electrons. The highest BCUT2D eigenvalue weighted by atomic mass is 16.5. The molecule has 1 saturated carbocycles. The zero-order valence-corrected chi connectivity index (χ0v) is 7.99. The quantitative estimate of drug-likeness (QED) is 0.565. The van der Waals surface area contributed by atoms with E-state index < -0.39 is 0 Å². The van der Waals surface area contributed by atoms with E-state index in [4.69, 9.17) is 15.9 Å². The Morgan fingerprint density at radius 2 is 1.93 bits per heavy atom. The lowest BCUT2D eigenvalue weighted by atomic mass is 9.96. The van der Waals surface area contributed by atoms with Crippen LogP contribution in [0.2, 0.25) is 0 Å². The summed E-state index contributed by atoms with van der Waals surface area (Å²) in [5, 5.41) is 7.23. The van der Waals surface area contributed by atoms with E-state index in [1.165, 1.54) is 6.42 Å². The van der Waals surface area contributed by atoms with Gasteiger partial charge in [-0.2, -0.15) is 0 Å². The van der Waals surface area contributed by atoms with Crippen molar-refractivity contribution in [3.05, 3.63) is 29.8 Å². The molecular weight excluding hydrogens is 176 g/mol. The molecule has 0 atom stereocenters. The van der Waals surface area contributed by atoms with E-state index >= 15 is 0 Å². The topological polar surface area (TPSA) is 59.1 Å². The Morgan fingerprint density at radius 1 is 1.29 bits per heavy atom. The first-order valence-corrected chi connectivity index (χ1v) is 4.87. The predicted molar refractivity (Wildman–Crippen MR) is 55.7 cm³/mol. The zero-order valence-electron chi connectivity index (χ0n) is 7.99. The van der Waals surface area contributed by atoms with Gasteiger partial charge in [0.2, 0.25) is 0 Å². The average molecular weight is 190 g/mol. The van der Waals surface area contributed by atoms with Gasteiger partial charge in [-0.1, -0.05) is 0 Å². The molecule has 0 aromatic heterocycles. The summed E-state index contributed by atoms with van der Waals surface area (Å²) in [6.07, 6.45) is 4.00. The van der Waals surface area contributed by atoms with Crippen LogP contribution in [0.25, 0.3) is 0 Å². The van der Waals surface area contributed by atoms with Crippen molar-refractivity contribution >= 4 is 5.84 Å². The molecule has 0 radical (unpaired) electrons. The highest BCUT2D eigenvalue weighted by Crippen LogP contribution is 2.24. The van der Waals surface area contributed by atoms with Crippen molar-refractivity contribution in [2.75, 3.05) is 0 Å². The van der Waals surface area contributed by atoms with Crippen molar-refractivity contribution in [2.45, 2.75) is 25.4 Å². The van der Waals surface area contributed by atoms with Gasteiger partial charge < -0.3 is 10.5 Å². The number of nitrogens with one attached hydrogen (secondary N) is 1. The summed E-state index contributed by atoms with van der Waals surface area (Å²) in [6.45, 7) is 0. The lowest BCUT2D eigenvalue weighted by Crippen LogP contribution is -2.24. The number of nitrogens with two attached hydrogens (primary N) is 1. The van der Waals surface area contributed by atoms with Gasteiger partial charge in [0.15, 0.2) is 0 Å². The lowest BCUT2D eigenvalue weighted by Gasteiger charge is -2.26. The molecule has 0 spiro atoms. The molecule has 1 aliphatic carbocycles. The van der Waals surface area contributed by atoms with Crippen LogP contribution in [0.15, 0.2) is 24.3 Å². The van der Waals surface area contributed by atoms with Crippen molar-refractivity contribution in [3.8, 4) is 5.75 Å². The second-order valence-electron chi connectivity index (χ2n) is 3.61. The average Bonchev–Trinajstić information content (AvgIpc) is 2.12. The SMILES string of the molecule is N=C(N)c1ccc(OC2CCC2)cc1. The van der Waals surface area contributed by atoms with E-state index in [9.17, 15) is 0 Å². The monoisotopic (exact) mass is 190 g/mol. The number of hydrogen-bond acceptors (Lipinski definition) is 2. The van der Waals surface area contributed by atoms with Crippen LogP contribution in [-0.2, 0) is 0 Å². The maximum atomic E-state index is 7.23. The second kappa shape index (κ2) is 3.70.